The van der Waals surface area contributed by atoms with Gasteiger partial charge in [-0.1, -0.05) is 24.9 Å². The molecular weight excluding hydrogens is 490 g/mol. The minimum Gasteiger partial charge on any atom is -0.481 e. The zero-order valence-corrected chi connectivity index (χ0v) is 19.7. The monoisotopic (exact) mass is 515 g/mol. The van der Waals surface area contributed by atoms with Crippen LogP contribution < -0.4 is 10.9 Å². The number of aromatic nitrogens is 2. The van der Waals surface area contributed by atoms with Crippen LogP contribution in [0.5, 0.6) is 0 Å². The summed E-state index contributed by atoms with van der Waals surface area (Å²) in [4.78, 5) is 38.8. The minimum atomic E-state index is -0.693. The normalized spacial score (nSPS) is 18.3. The molecule has 1 fully saturated rings. The number of carboxylic acid groups (broad SMARTS) is 1. The molecule has 0 unspecified atom stereocenters. The molecule has 0 radical (unpaired) electrons. The van der Waals surface area contributed by atoms with Crippen molar-refractivity contribution < 1.29 is 19.8 Å². The van der Waals surface area contributed by atoms with Crippen molar-refractivity contribution in [3.05, 3.63) is 38.3 Å². The summed E-state index contributed by atoms with van der Waals surface area (Å²) >= 11 is 9.33. The quantitative estimate of drug-likeness (QED) is 0.517. The zero-order chi connectivity index (χ0) is 23.0. The van der Waals surface area contributed by atoms with Gasteiger partial charge in [-0.2, -0.15) is 0 Å². The first-order valence-electron chi connectivity index (χ1n) is 10.2. The Kier molecular flexibility index (Phi) is 10.1. The van der Waals surface area contributed by atoms with Gasteiger partial charge in [0, 0.05) is 23.4 Å². The first-order valence-corrected chi connectivity index (χ1v) is 11.4. The predicted molar refractivity (Wildman–Crippen MR) is 123 cm³/mol. The molecule has 1 aliphatic rings. The number of ketones is 1. The lowest BCUT2D eigenvalue weighted by molar-refractivity contribution is -0.137. The zero-order valence-electron chi connectivity index (χ0n) is 17.3. The van der Waals surface area contributed by atoms with Crippen LogP contribution in [-0.2, 0) is 16.1 Å². The third-order valence-electron chi connectivity index (χ3n) is 4.95. The highest BCUT2D eigenvalue weighted by Crippen LogP contribution is 2.25. The molecular formula is C21H27BrClN3O5. The molecule has 1 aromatic carbocycles. The second kappa shape index (κ2) is 12.3. The fourth-order valence-corrected chi connectivity index (χ4v) is 3.73. The van der Waals surface area contributed by atoms with Crippen LogP contribution in [0.3, 0.4) is 0 Å². The molecule has 170 valence electrons. The first kappa shape index (κ1) is 25.5. The number of Topliss-reactive ketones (excluding diaryl/α,β-unsaturated/α-hetero) is 1. The summed E-state index contributed by atoms with van der Waals surface area (Å²) in [5.74, 6) is -0.818. The second-order valence-electron chi connectivity index (χ2n) is 7.47. The van der Waals surface area contributed by atoms with Crippen LogP contribution in [0.25, 0.3) is 10.9 Å². The van der Waals surface area contributed by atoms with Gasteiger partial charge in [-0.15, -0.1) is 0 Å². The summed E-state index contributed by atoms with van der Waals surface area (Å²) in [7, 11) is 0. The van der Waals surface area contributed by atoms with E-state index in [1.165, 1.54) is 10.9 Å². The molecule has 3 rings (SSSR count). The van der Waals surface area contributed by atoms with Crippen LogP contribution in [0.1, 0.15) is 45.4 Å². The van der Waals surface area contributed by atoms with Gasteiger partial charge in [-0.25, -0.2) is 4.98 Å². The van der Waals surface area contributed by atoms with Crippen LogP contribution in [0.2, 0.25) is 5.02 Å². The molecule has 0 bridgehead atoms. The van der Waals surface area contributed by atoms with E-state index in [4.69, 9.17) is 16.7 Å². The van der Waals surface area contributed by atoms with E-state index in [1.54, 1.807) is 12.1 Å². The van der Waals surface area contributed by atoms with Gasteiger partial charge < -0.3 is 15.5 Å². The highest BCUT2D eigenvalue weighted by Gasteiger charge is 2.25. The molecule has 2 heterocycles. The third kappa shape index (κ3) is 7.68. The Balaban J connectivity index is 0.000000423. The summed E-state index contributed by atoms with van der Waals surface area (Å²) < 4.78 is 1.94. The molecule has 0 saturated carbocycles. The van der Waals surface area contributed by atoms with Crippen molar-refractivity contribution in [3.8, 4) is 0 Å². The highest BCUT2D eigenvalue weighted by atomic mass is 79.9. The standard InChI is InChI=1S/C16H17BrClN3O3.C5H10O2/c17-11-6-13-10(5-12(11)18)16(24)21(8-20-13)7-9(22)4-14-15(23)2-1-3-19-14;1-2-3-4-5(6)7/h5-6,8,14-15,19,23H,1-4,7H2;2-4H2,1H3,(H,6,7)/t14-,15+;/m1./s1. The Labute approximate surface area is 193 Å². The highest BCUT2D eigenvalue weighted by molar-refractivity contribution is 9.10. The van der Waals surface area contributed by atoms with Crippen molar-refractivity contribution >= 4 is 50.2 Å². The molecule has 1 aromatic heterocycles. The van der Waals surface area contributed by atoms with Gasteiger partial charge >= 0.3 is 5.97 Å². The van der Waals surface area contributed by atoms with E-state index in [2.05, 4.69) is 26.2 Å². The number of piperidine rings is 1. The number of nitrogens with zero attached hydrogens (tertiary/aromatic N) is 2. The van der Waals surface area contributed by atoms with E-state index in [-0.39, 0.29) is 30.3 Å². The lowest BCUT2D eigenvalue weighted by atomic mass is 9.97. The van der Waals surface area contributed by atoms with Crippen LogP contribution in [0, 0.1) is 0 Å². The number of hydrogen-bond acceptors (Lipinski definition) is 6. The smallest absolute Gasteiger partial charge is 0.303 e. The van der Waals surface area contributed by atoms with Gasteiger partial charge in [0.1, 0.15) is 0 Å². The Morgan fingerprint density at radius 3 is 2.74 bits per heavy atom. The van der Waals surface area contributed by atoms with Crippen LogP contribution in [0.4, 0.5) is 0 Å². The summed E-state index contributed by atoms with van der Waals surface area (Å²) in [6, 6.07) is 2.97. The van der Waals surface area contributed by atoms with Gasteiger partial charge in [-0.05, 0) is 53.9 Å². The Morgan fingerprint density at radius 1 is 1.39 bits per heavy atom. The van der Waals surface area contributed by atoms with E-state index in [1.807, 2.05) is 6.92 Å². The number of benzene rings is 1. The molecule has 1 aliphatic heterocycles. The van der Waals surface area contributed by atoms with E-state index in [9.17, 15) is 19.5 Å². The van der Waals surface area contributed by atoms with E-state index < -0.39 is 12.1 Å². The van der Waals surface area contributed by atoms with Crippen LogP contribution in [-0.4, -0.2) is 50.2 Å². The number of fused-ring (bicyclic) bond motifs is 1. The van der Waals surface area contributed by atoms with Gasteiger partial charge in [0.05, 0.1) is 34.9 Å². The number of aliphatic carboxylic acids is 1. The topological polar surface area (TPSA) is 122 Å². The summed E-state index contributed by atoms with van der Waals surface area (Å²) in [5.41, 5.74) is 0.212. The summed E-state index contributed by atoms with van der Waals surface area (Å²) in [5, 5.41) is 21.9. The Morgan fingerprint density at radius 2 is 2.13 bits per heavy atom. The molecule has 31 heavy (non-hydrogen) atoms. The van der Waals surface area contributed by atoms with Crippen molar-refractivity contribution in [3.63, 3.8) is 0 Å². The SMILES string of the molecule is CCCCC(=O)O.O=C(C[C@H]1NCCC[C@@H]1O)Cn1cnc2cc(Br)c(Cl)cc2c1=O. The van der Waals surface area contributed by atoms with Crippen molar-refractivity contribution in [1.29, 1.82) is 0 Å². The molecule has 2 aromatic rings. The molecule has 0 amide bonds. The summed E-state index contributed by atoms with van der Waals surface area (Å²) in [6.07, 6.45) is 4.70. The van der Waals surface area contributed by atoms with Gasteiger partial charge in [0.25, 0.3) is 5.56 Å². The average Bonchev–Trinajstić information content (AvgIpc) is 2.72. The van der Waals surface area contributed by atoms with E-state index >= 15 is 0 Å². The van der Waals surface area contributed by atoms with Crippen molar-refractivity contribution in [2.45, 2.75) is 64.1 Å². The average molecular weight is 517 g/mol. The van der Waals surface area contributed by atoms with Gasteiger partial charge in [0.2, 0.25) is 0 Å². The number of rotatable bonds is 7. The number of aliphatic hydroxyl groups excluding tert-OH is 1. The molecule has 10 heteroatoms. The number of carboxylic acids is 1. The van der Waals surface area contributed by atoms with Gasteiger partial charge in [0.15, 0.2) is 5.78 Å². The molecule has 0 aliphatic carbocycles. The van der Waals surface area contributed by atoms with Crippen molar-refractivity contribution in [1.82, 2.24) is 14.9 Å². The largest absolute Gasteiger partial charge is 0.481 e. The molecule has 0 spiro atoms. The maximum absolute atomic E-state index is 12.5. The fourth-order valence-electron chi connectivity index (χ4n) is 3.24. The number of halogens is 2. The van der Waals surface area contributed by atoms with Gasteiger partial charge in [-0.3, -0.25) is 19.0 Å². The maximum Gasteiger partial charge on any atom is 0.303 e. The number of hydrogen-bond donors (Lipinski definition) is 3. The summed E-state index contributed by atoms with van der Waals surface area (Å²) in [6.45, 7) is 2.70. The maximum atomic E-state index is 12.5. The number of nitrogens with one attached hydrogen (secondary N) is 1. The Hall–Kier alpha value is -1.81. The van der Waals surface area contributed by atoms with E-state index in [0.717, 1.165) is 25.8 Å². The number of carbonyl (C=O) groups is 2. The number of aliphatic hydroxyl groups is 1. The fraction of sp³-hybridized carbons (Fsp3) is 0.524. The van der Waals surface area contributed by atoms with Crippen molar-refractivity contribution in [2.24, 2.45) is 0 Å². The van der Waals surface area contributed by atoms with Crippen molar-refractivity contribution in [2.75, 3.05) is 6.54 Å². The second-order valence-corrected chi connectivity index (χ2v) is 8.73. The van der Waals surface area contributed by atoms with E-state index in [0.29, 0.717) is 33.2 Å². The minimum absolute atomic E-state index is 0.0691. The molecule has 1 saturated heterocycles. The first-order chi connectivity index (χ1) is 14.7. The number of unbranched alkanes of at least 4 members (excludes halogenated alkanes) is 1. The Bertz CT molecular complexity index is 981. The molecule has 8 nitrogen and oxygen atoms in total. The van der Waals surface area contributed by atoms with Crippen LogP contribution >= 0.6 is 27.5 Å². The lowest BCUT2D eigenvalue weighted by Gasteiger charge is -2.28. The molecule has 3 N–H and O–H groups in total. The lowest BCUT2D eigenvalue weighted by Crippen LogP contribution is -2.46. The molecule has 2 atom stereocenters. The predicted octanol–water partition coefficient (Wildman–Crippen LogP) is 3.15. The third-order valence-corrected chi connectivity index (χ3v) is 6.15. The van der Waals surface area contributed by atoms with Crippen LogP contribution in [0.15, 0.2) is 27.7 Å². The number of carbonyl (C=O) groups excluding carboxylic acids is 1.